The van der Waals surface area contributed by atoms with E-state index in [4.69, 9.17) is 0 Å². The molecule has 0 aliphatic carbocycles. The number of hydrogen-bond donors (Lipinski definition) is 0. The van der Waals surface area contributed by atoms with Crippen LogP contribution in [0.2, 0.25) is 0 Å². The third-order valence-corrected chi connectivity index (χ3v) is 4.65. The number of sulfone groups is 1. The Morgan fingerprint density at radius 2 is 1.67 bits per heavy atom. The van der Waals surface area contributed by atoms with E-state index in [-0.39, 0.29) is 5.25 Å². The molecule has 0 heterocycles. The lowest BCUT2D eigenvalue weighted by Crippen LogP contribution is -2.34. The number of rotatable bonds is 2. The summed E-state index contributed by atoms with van der Waals surface area (Å²) in [5.74, 6) is 0. The molecule has 0 bridgehead atoms. The molecule has 0 aliphatic rings. The summed E-state index contributed by atoms with van der Waals surface area (Å²) in [6.07, 6.45) is 3.48. The van der Waals surface area contributed by atoms with E-state index in [1.165, 1.54) is 0 Å². The van der Waals surface area contributed by atoms with E-state index in [1.54, 1.807) is 39.8 Å². The standard InChI is InChI=1S/C9H18O2S/c1-6-7-8(2)12(10,11)9(3,4)5/h6-8H,1-5H3/b7-6+. The largest absolute Gasteiger partial charge is 0.228 e. The van der Waals surface area contributed by atoms with Gasteiger partial charge in [0.25, 0.3) is 0 Å². The highest BCUT2D eigenvalue weighted by Gasteiger charge is 2.32. The average molecular weight is 190 g/mol. The minimum Gasteiger partial charge on any atom is -0.228 e. The van der Waals surface area contributed by atoms with Crippen LogP contribution >= 0.6 is 0 Å². The molecule has 72 valence electrons. The number of allylic oxidation sites excluding steroid dienone is 1. The molecule has 0 amide bonds. The summed E-state index contributed by atoms with van der Waals surface area (Å²) in [5, 5.41) is -0.387. The summed E-state index contributed by atoms with van der Waals surface area (Å²) < 4.78 is 22.7. The second kappa shape index (κ2) is 3.60. The molecule has 3 heteroatoms. The second-order valence-corrected chi connectivity index (χ2v) is 6.95. The minimum atomic E-state index is -3.03. The molecule has 0 fully saturated rings. The number of hydrogen-bond acceptors (Lipinski definition) is 2. The van der Waals surface area contributed by atoms with Crippen molar-refractivity contribution >= 4 is 9.84 Å². The molecule has 0 aromatic rings. The zero-order chi connectivity index (χ0) is 9.99. The van der Waals surface area contributed by atoms with Crippen LogP contribution in [0.5, 0.6) is 0 Å². The highest BCUT2D eigenvalue weighted by molar-refractivity contribution is 7.93. The zero-order valence-electron chi connectivity index (χ0n) is 8.46. The third kappa shape index (κ3) is 2.34. The van der Waals surface area contributed by atoms with Crippen molar-refractivity contribution in [1.82, 2.24) is 0 Å². The first kappa shape index (κ1) is 11.7. The summed E-state index contributed by atoms with van der Waals surface area (Å²) in [6, 6.07) is 0. The first-order chi connectivity index (χ1) is 5.23. The van der Waals surface area contributed by atoms with Gasteiger partial charge in [0.2, 0.25) is 0 Å². The summed E-state index contributed by atoms with van der Waals surface area (Å²) in [5.41, 5.74) is 0. The molecular weight excluding hydrogens is 172 g/mol. The maximum atomic E-state index is 11.7. The zero-order valence-corrected chi connectivity index (χ0v) is 9.27. The van der Waals surface area contributed by atoms with Gasteiger partial charge in [-0.05, 0) is 34.6 Å². The lowest BCUT2D eigenvalue weighted by molar-refractivity contribution is 0.555. The predicted molar refractivity (Wildman–Crippen MR) is 52.9 cm³/mol. The average Bonchev–Trinajstić information content (AvgIpc) is 1.85. The Kier molecular flexibility index (Phi) is 3.51. The van der Waals surface area contributed by atoms with Gasteiger partial charge in [0.05, 0.1) is 10.00 Å². The van der Waals surface area contributed by atoms with Crippen molar-refractivity contribution in [3.05, 3.63) is 12.2 Å². The molecule has 0 saturated carbocycles. The Labute approximate surface area is 75.6 Å². The van der Waals surface area contributed by atoms with E-state index in [0.717, 1.165) is 0 Å². The summed E-state index contributed by atoms with van der Waals surface area (Å²) in [7, 11) is -3.03. The molecule has 0 rings (SSSR count). The van der Waals surface area contributed by atoms with Crippen molar-refractivity contribution in [2.75, 3.05) is 0 Å². The quantitative estimate of drug-likeness (QED) is 0.625. The molecule has 12 heavy (non-hydrogen) atoms. The van der Waals surface area contributed by atoms with Crippen molar-refractivity contribution in [3.63, 3.8) is 0 Å². The summed E-state index contributed by atoms with van der Waals surface area (Å²) in [4.78, 5) is 0. The molecule has 0 spiro atoms. The van der Waals surface area contributed by atoms with Gasteiger partial charge in [-0.3, -0.25) is 0 Å². The van der Waals surface area contributed by atoms with Crippen molar-refractivity contribution in [3.8, 4) is 0 Å². The summed E-state index contributed by atoms with van der Waals surface area (Å²) >= 11 is 0. The second-order valence-electron chi connectivity index (χ2n) is 3.89. The molecule has 0 aromatic heterocycles. The van der Waals surface area contributed by atoms with Crippen LogP contribution in [0.4, 0.5) is 0 Å². The SMILES string of the molecule is C/C=C/C(C)S(=O)(=O)C(C)(C)C. The lowest BCUT2D eigenvalue weighted by Gasteiger charge is -2.22. The van der Waals surface area contributed by atoms with E-state index in [1.807, 2.05) is 6.92 Å². The molecule has 1 atom stereocenters. The van der Waals surface area contributed by atoms with Gasteiger partial charge in [0.1, 0.15) is 0 Å². The Bertz CT molecular complexity index is 255. The van der Waals surface area contributed by atoms with Gasteiger partial charge in [-0.25, -0.2) is 8.42 Å². The van der Waals surface area contributed by atoms with Gasteiger partial charge in [0, 0.05) is 0 Å². The van der Waals surface area contributed by atoms with Gasteiger partial charge in [-0.15, -0.1) is 0 Å². The first-order valence-electron chi connectivity index (χ1n) is 4.09. The van der Waals surface area contributed by atoms with Crippen molar-refractivity contribution in [2.45, 2.75) is 44.6 Å². The Morgan fingerprint density at radius 3 is 1.92 bits per heavy atom. The Morgan fingerprint density at radius 1 is 1.25 bits per heavy atom. The molecule has 0 aromatic carbocycles. The van der Waals surface area contributed by atoms with E-state index >= 15 is 0 Å². The van der Waals surface area contributed by atoms with E-state index in [2.05, 4.69) is 0 Å². The van der Waals surface area contributed by atoms with Crippen molar-refractivity contribution in [2.24, 2.45) is 0 Å². The van der Waals surface area contributed by atoms with Crippen molar-refractivity contribution in [1.29, 1.82) is 0 Å². The molecular formula is C9H18O2S. The lowest BCUT2D eigenvalue weighted by atomic mass is 10.3. The predicted octanol–water partition coefficient (Wildman–Crippen LogP) is 2.16. The van der Waals surface area contributed by atoms with Crippen LogP contribution in [0.3, 0.4) is 0 Å². The van der Waals surface area contributed by atoms with Gasteiger partial charge in [-0.2, -0.15) is 0 Å². The highest BCUT2D eigenvalue weighted by atomic mass is 32.2. The van der Waals surface area contributed by atoms with Crippen LogP contribution in [0.1, 0.15) is 34.6 Å². The third-order valence-electron chi connectivity index (χ3n) is 1.81. The van der Waals surface area contributed by atoms with Gasteiger partial charge >= 0.3 is 0 Å². The molecule has 2 nitrogen and oxygen atoms in total. The highest BCUT2D eigenvalue weighted by Crippen LogP contribution is 2.20. The Hall–Kier alpha value is -0.310. The van der Waals surface area contributed by atoms with Gasteiger partial charge < -0.3 is 0 Å². The minimum absolute atomic E-state index is 0.387. The van der Waals surface area contributed by atoms with E-state index in [0.29, 0.717) is 0 Å². The van der Waals surface area contributed by atoms with Crippen molar-refractivity contribution < 1.29 is 8.42 Å². The molecule has 0 saturated heterocycles. The monoisotopic (exact) mass is 190 g/mol. The van der Waals surface area contributed by atoms with E-state index < -0.39 is 14.6 Å². The van der Waals surface area contributed by atoms with Crippen LogP contribution in [0.25, 0.3) is 0 Å². The fraction of sp³-hybridized carbons (Fsp3) is 0.778. The molecule has 0 N–H and O–H groups in total. The first-order valence-corrected chi connectivity index (χ1v) is 5.64. The fourth-order valence-electron chi connectivity index (χ4n) is 0.932. The van der Waals surface area contributed by atoms with Crippen LogP contribution in [0, 0.1) is 0 Å². The maximum absolute atomic E-state index is 11.7. The normalized spacial score (nSPS) is 16.8. The maximum Gasteiger partial charge on any atom is 0.161 e. The molecule has 0 radical (unpaired) electrons. The molecule has 1 unspecified atom stereocenters. The van der Waals surface area contributed by atoms with Crippen LogP contribution in [-0.4, -0.2) is 18.4 Å². The van der Waals surface area contributed by atoms with Gasteiger partial charge in [0.15, 0.2) is 9.84 Å². The van der Waals surface area contributed by atoms with Crippen LogP contribution < -0.4 is 0 Å². The summed E-state index contributed by atoms with van der Waals surface area (Å²) in [6.45, 7) is 8.71. The fourth-order valence-corrected chi connectivity index (χ4v) is 2.41. The smallest absolute Gasteiger partial charge is 0.161 e. The topological polar surface area (TPSA) is 34.1 Å². The van der Waals surface area contributed by atoms with E-state index in [9.17, 15) is 8.42 Å². The Balaban J connectivity index is 4.89. The van der Waals surface area contributed by atoms with Gasteiger partial charge in [-0.1, -0.05) is 12.2 Å². The van der Waals surface area contributed by atoms with Crippen LogP contribution in [0.15, 0.2) is 12.2 Å². The molecule has 0 aliphatic heterocycles. The van der Waals surface area contributed by atoms with Crippen LogP contribution in [-0.2, 0) is 9.84 Å².